The molecule has 0 saturated carbocycles. The molecule has 1 atom stereocenters. The fourth-order valence-electron chi connectivity index (χ4n) is 2.30. The van der Waals surface area contributed by atoms with E-state index in [-0.39, 0.29) is 24.3 Å². The Morgan fingerprint density at radius 3 is 2.90 bits per heavy atom. The standard InChI is InChI=1S/C15H20FNO3/c1-2-19-15(18)9-14-11-17(7-8-20-14)10-12-3-5-13(16)6-4-12/h3-6,14H,2,7-11H2,1H3. The minimum absolute atomic E-state index is 0.122. The molecule has 20 heavy (non-hydrogen) atoms. The average Bonchev–Trinajstić information content (AvgIpc) is 2.42. The number of halogens is 1. The highest BCUT2D eigenvalue weighted by Crippen LogP contribution is 2.13. The van der Waals surface area contributed by atoms with E-state index in [1.54, 1.807) is 19.1 Å². The highest BCUT2D eigenvalue weighted by atomic mass is 19.1. The molecule has 0 N–H and O–H groups in total. The number of ether oxygens (including phenoxy) is 2. The fraction of sp³-hybridized carbons (Fsp3) is 0.533. The van der Waals surface area contributed by atoms with Gasteiger partial charge in [0.2, 0.25) is 0 Å². The Kier molecular flexibility index (Phi) is 5.49. The predicted molar refractivity (Wildman–Crippen MR) is 72.7 cm³/mol. The third kappa shape index (κ3) is 4.58. The lowest BCUT2D eigenvalue weighted by Gasteiger charge is -2.32. The van der Waals surface area contributed by atoms with Crippen molar-refractivity contribution in [1.29, 1.82) is 0 Å². The maximum atomic E-state index is 12.9. The lowest BCUT2D eigenvalue weighted by Crippen LogP contribution is -2.42. The van der Waals surface area contributed by atoms with Gasteiger partial charge in [-0.3, -0.25) is 9.69 Å². The van der Waals surface area contributed by atoms with Crippen molar-refractivity contribution in [3.63, 3.8) is 0 Å². The first-order chi connectivity index (χ1) is 9.67. The lowest BCUT2D eigenvalue weighted by molar-refractivity contribution is -0.148. The van der Waals surface area contributed by atoms with Gasteiger partial charge < -0.3 is 9.47 Å². The largest absolute Gasteiger partial charge is 0.466 e. The Labute approximate surface area is 118 Å². The summed E-state index contributed by atoms with van der Waals surface area (Å²) in [6, 6.07) is 6.49. The van der Waals surface area contributed by atoms with Crippen LogP contribution in [0.25, 0.3) is 0 Å². The van der Waals surface area contributed by atoms with E-state index in [4.69, 9.17) is 9.47 Å². The third-order valence-electron chi connectivity index (χ3n) is 3.24. The van der Waals surface area contributed by atoms with E-state index in [0.717, 1.165) is 18.7 Å². The molecule has 4 nitrogen and oxygen atoms in total. The zero-order chi connectivity index (χ0) is 14.4. The lowest BCUT2D eigenvalue weighted by atomic mass is 10.1. The first-order valence-corrected chi connectivity index (χ1v) is 6.91. The van der Waals surface area contributed by atoms with Gasteiger partial charge in [0.1, 0.15) is 5.82 Å². The number of nitrogens with zero attached hydrogens (tertiary/aromatic N) is 1. The maximum absolute atomic E-state index is 12.9. The van der Waals surface area contributed by atoms with Gasteiger partial charge in [0.15, 0.2) is 0 Å². The number of esters is 1. The Morgan fingerprint density at radius 2 is 2.20 bits per heavy atom. The van der Waals surface area contributed by atoms with Gasteiger partial charge in [0, 0.05) is 19.6 Å². The second-order valence-corrected chi connectivity index (χ2v) is 4.86. The highest BCUT2D eigenvalue weighted by molar-refractivity contribution is 5.69. The van der Waals surface area contributed by atoms with Crippen LogP contribution in [0.3, 0.4) is 0 Å². The van der Waals surface area contributed by atoms with Crippen LogP contribution < -0.4 is 0 Å². The van der Waals surface area contributed by atoms with Gasteiger partial charge in [0.05, 0.1) is 25.7 Å². The van der Waals surface area contributed by atoms with Crippen LogP contribution in [0.15, 0.2) is 24.3 Å². The van der Waals surface area contributed by atoms with E-state index >= 15 is 0 Å². The summed E-state index contributed by atoms with van der Waals surface area (Å²) in [5.41, 5.74) is 1.06. The molecule has 1 saturated heterocycles. The molecule has 1 aliphatic rings. The minimum atomic E-state index is -0.226. The van der Waals surface area contributed by atoms with E-state index in [0.29, 0.717) is 19.8 Å². The molecule has 110 valence electrons. The normalized spacial score (nSPS) is 19.8. The van der Waals surface area contributed by atoms with Gasteiger partial charge in [-0.05, 0) is 24.6 Å². The van der Waals surface area contributed by atoms with E-state index in [9.17, 15) is 9.18 Å². The smallest absolute Gasteiger partial charge is 0.308 e. The quantitative estimate of drug-likeness (QED) is 0.774. The monoisotopic (exact) mass is 281 g/mol. The Hall–Kier alpha value is -1.46. The van der Waals surface area contributed by atoms with Crippen LogP contribution in [-0.2, 0) is 20.8 Å². The summed E-state index contributed by atoms with van der Waals surface area (Å²) in [6.07, 6.45) is 0.163. The maximum Gasteiger partial charge on any atom is 0.308 e. The molecular weight excluding hydrogens is 261 g/mol. The van der Waals surface area contributed by atoms with Crippen molar-refractivity contribution in [2.75, 3.05) is 26.3 Å². The summed E-state index contributed by atoms with van der Waals surface area (Å²) < 4.78 is 23.4. The van der Waals surface area contributed by atoms with E-state index < -0.39 is 0 Å². The molecule has 0 radical (unpaired) electrons. The van der Waals surface area contributed by atoms with Crippen molar-refractivity contribution in [2.45, 2.75) is 26.0 Å². The molecule has 1 unspecified atom stereocenters. The van der Waals surface area contributed by atoms with Gasteiger partial charge in [-0.25, -0.2) is 4.39 Å². The Morgan fingerprint density at radius 1 is 1.45 bits per heavy atom. The number of hydrogen-bond acceptors (Lipinski definition) is 4. The number of benzene rings is 1. The van der Waals surface area contributed by atoms with Crippen LogP contribution in [0.1, 0.15) is 18.9 Å². The average molecular weight is 281 g/mol. The van der Waals surface area contributed by atoms with Crippen molar-refractivity contribution in [1.82, 2.24) is 4.90 Å². The number of morpholine rings is 1. The number of hydrogen-bond donors (Lipinski definition) is 0. The van der Waals surface area contributed by atoms with Gasteiger partial charge in [-0.2, -0.15) is 0 Å². The molecular formula is C15H20FNO3. The van der Waals surface area contributed by atoms with Crippen LogP contribution >= 0.6 is 0 Å². The van der Waals surface area contributed by atoms with Gasteiger partial charge in [-0.15, -0.1) is 0 Å². The topological polar surface area (TPSA) is 38.8 Å². The number of carbonyl (C=O) groups is 1. The molecule has 0 amide bonds. The molecule has 1 heterocycles. The van der Waals surface area contributed by atoms with Crippen LogP contribution in [0.5, 0.6) is 0 Å². The SMILES string of the molecule is CCOC(=O)CC1CN(Cc2ccc(F)cc2)CCO1. The zero-order valence-electron chi connectivity index (χ0n) is 11.7. The van der Waals surface area contributed by atoms with Crippen molar-refractivity contribution >= 4 is 5.97 Å². The summed E-state index contributed by atoms with van der Waals surface area (Å²) in [7, 11) is 0. The Balaban J connectivity index is 1.83. The molecule has 1 fully saturated rings. The first-order valence-electron chi connectivity index (χ1n) is 6.91. The molecule has 0 aromatic heterocycles. The van der Waals surface area contributed by atoms with E-state index in [1.165, 1.54) is 12.1 Å². The fourth-order valence-corrected chi connectivity index (χ4v) is 2.30. The third-order valence-corrected chi connectivity index (χ3v) is 3.24. The summed E-state index contributed by atoms with van der Waals surface area (Å²) in [5, 5.41) is 0. The molecule has 0 bridgehead atoms. The molecule has 1 aliphatic heterocycles. The van der Waals surface area contributed by atoms with Crippen LogP contribution in [0.2, 0.25) is 0 Å². The highest BCUT2D eigenvalue weighted by Gasteiger charge is 2.23. The van der Waals surface area contributed by atoms with E-state index in [2.05, 4.69) is 4.90 Å². The second kappa shape index (κ2) is 7.36. The number of carbonyl (C=O) groups excluding carboxylic acids is 1. The predicted octanol–water partition coefficient (Wildman–Crippen LogP) is 1.98. The number of rotatable bonds is 5. The zero-order valence-corrected chi connectivity index (χ0v) is 11.7. The molecule has 0 spiro atoms. The summed E-state index contributed by atoms with van der Waals surface area (Å²) in [4.78, 5) is 13.7. The van der Waals surface area contributed by atoms with Crippen molar-refractivity contribution in [3.8, 4) is 0 Å². The van der Waals surface area contributed by atoms with Gasteiger partial charge in [-0.1, -0.05) is 12.1 Å². The molecule has 5 heteroatoms. The van der Waals surface area contributed by atoms with Crippen molar-refractivity contribution < 1.29 is 18.7 Å². The second-order valence-electron chi connectivity index (χ2n) is 4.86. The van der Waals surface area contributed by atoms with Gasteiger partial charge >= 0.3 is 5.97 Å². The van der Waals surface area contributed by atoms with Crippen LogP contribution in [0.4, 0.5) is 4.39 Å². The summed E-state index contributed by atoms with van der Waals surface area (Å²) >= 11 is 0. The van der Waals surface area contributed by atoms with Crippen LogP contribution in [-0.4, -0.2) is 43.3 Å². The minimum Gasteiger partial charge on any atom is -0.466 e. The molecule has 2 rings (SSSR count). The van der Waals surface area contributed by atoms with Gasteiger partial charge in [0.25, 0.3) is 0 Å². The van der Waals surface area contributed by atoms with Crippen LogP contribution in [0, 0.1) is 5.82 Å². The van der Waals surface area contributed by atoms with Crippen molar-refractivity contribution in [3.05, 3.63) is 35.6 Å². The summed E-state index contributed by atoms with van der Waals surface area (Å²) in [5.74, 6) is -0.447. The molecule has 0 aliphatic carbocycles. The van der Waals surface area contributed by atoms with E-state index in [1.807, 2.05) is 0 Å². The van der Waals surface area contributed by atoms with Crippen molar-refractivity contribution in [2.24, 2.45) is 0 Å². The molecule has 1 aromatic rings. The summed E-state index contributed by atoms with van der Waals surface area (Å²) in [6.45, 7) is 5.03. The Bertz CT molecular complexity index is 435. The molecule has 1 aromatic carbocycles. The first kappa shape index (κ1) is 14.9.